The van der Waals surface area contributed by atoms with E-state index in [0.29, 0.717) is 19.3 Å². The topological polar surface area (TPSA) is 94.8 Å². The van der Waals surface area contributed by atoms with Crippen LogP contribution < -0.4 is 0 Å². The van der Waals surface area contributed by atoms with Gasteiger partial charge in [0.25, 0.3) is 0 Å². The first-order valence-electron chi connectivity index (χ1n) is 11.7. The fourth-order valence-corrected chi connectivity index (χ4v) is 4.75. The SMILES string of the molecule is Cc1ccc(SC(CCCCC(C)(C)C(=O)O)C(O)CCCCCC(C)(C)C(=O)O)cc1. The number of aliphatic carboxylic acids is 2. The van der Waals surface area contributed by atoms with Gasteiger partial charge in [-0.1, -0.05) is 49.8 Å². The van der Waals surface area contributed by atoms with Gasteiger partial charge in [-0.2, -0.15) is 0 Å². The van der Waals surface area contributed by atoms with Crippen LogP contribution in [0.5, 0.6) is 0 Å². The Morgan fingerprint density at radius 2 is 1.28 bits per heavy atom. The van der Waals surface area contributed by atoms with E-state index in [-0.39, 0.29) is 5.25 Å². The molecule has 32 heavy (non-hydrogen) atoms. The molecule has 3 N–H and O–H groups in total. The Kier molecular flexibility index (Phi) is 11.8. The van der Waals surface area contributed by atoms with Crippen molar-refractivity contribution >= 4 is 23.7 Å². The van der Waals surface area contributed by atoms with Crippen LogP contribution in [0.2, 0.25) is 0 Å². The maximum atomic E-state index is 11.3. The minimum absolute atomic E-state index is 0.0566. The molecule has 0 amide bonds. The van der Waals surface area contributed by atoms with Crippen molar-refractivity contribution in [2.24, 2.45) is 10.8 Å². The number of thioether (sulfide) groups is 1. The summed E-state index contributed by atoms with van der Waals surface area (Å²) in [6, 6.07) is 8.32. The molecule has 182 valence electrons. The van der Waals surface area contributed by atoms with Gasteiger partial charge in [-0.25, -0.2) is 0 Å². The number of benzene rings is 1. The van der Waals surface area contributed by atoms with Gasteiger partial charge in [0.05, 0.1) is 16.9 Å². The molecule has 1 rings (SSSR count). The summed E-state index contributed by atoms with van der Waals surface area (Å²) >= 11 is 1.70. The van der Waals surface area contributed by atoms with E-state index in [1.165, 1.54) is 5.56 Å². The lowest BCUT2D eigenvalue weighted by Gasteiger charge is -2.24. The number of unbranched alkanes of at least 4 members (excludes halogenated alkanes) is 3. The van der Waals surface area contributed by atoms with Gasteiger partial charge in [0.1, 0.15) is 0 Å². The molecule has 0 aromatic heterocycles. The third-order valence-electron chi connectivity index (χ3n) is 6.24. The second-order valence-electron chi connectivity index (χ2n) is 10.3. The van der Waals surface area contributed by atoms with Gasteiger partial charge in [0, 0.05) is 10.1 Å². The predicted octanol–water partition coefficient (Wildman–Crippen LogP) is 6.55. The summed E-state index contributed by atoms with van der Waals surface area (Å²) in [7, 11) is 0. The fraction of sp³-hybridized carbons (Fsp3) is 0.692. The average molecular weight is 467 g/mol. The smallest absolute Gasteiger partial charge is 0.309 e. The van der Waals surface area contributed by atoms with Gasteiger partial charge >= 0.3 is 11.9 Å². The van der Waals surface area contributed by atoms with Gasteiger partial charge in [0.15, 0.2) is 0 Å². The predicted molar refractivity (Wildman–Crippen MR) is 131 cm³/mol. The van der Waals surface area contributed by atoms with Crippen LogP contribution in [-0.4, -0.2) is 38.6 Å². The van der Waals surface area contributed by atoms with Crippen LogP contribution in [0.1, 0.15) is 91.0 Å². The minimum atomic E-state index is -0.769. The minimum Gasteiger partial charge on any atom is -0.481 e. The molecule has 5 nitrogen and oxygen atoms in total. The molecule has 1 aromatic rings. The first kappa shape index (κ1) is 28.5. The monoisotopic (exact) mass is 466 g/mol. The summed E-state index contributed by atoms with van der Waals surface area (Å²) < 4.78 is 0. The lowest BCUT2D eigenvalue weighted by Crippen LogP contribution is -2.25. The lowest BCUT2D eigenvalue weighted by molar-refractivity contribution is -0.148. The molecule has 0 saturated heterocycles. The van der Waals surface area contributed by atoms with Gasteiger partial charge in [-0.05, 0) is 72.4 Å². The third-order valence-corrected chi connectivity index (χ3v) is 7.63. The van der Waals surface area contributed by atoms with Crippen molar-refractivity contribution in [3.63, 3.8) is 0 Å². The summed E-state index contributed by atoms with van der Waals surface area (Å²) in [6.45, 7) is 9.08. The average Bonchev–Trinajstić information content (AvgIpc) is 2.71. The number of rotatable bonds is 16. The Labute approximate surface area is 198 Å². The summed E-state index contributed by atoms with van der Waals surface area (Å²) in [5, 5.41) is 29.5. The van der Waals surface area contributed by atoms with Crippen molar-refractivity contribution in [3.8, 4) is 0 Å². The third kappa shape index (κ3) is 10.4. The van der Waals surface area contributed by atoms with Crippen LogP contribution in [-0.2, 0) is 9.59 Å². The summed E-state index contributed by atoms with van der Waals surface area (Å²) in [4.78, 5) is 23.7. The second-order valence-corrected chi connectivity index (χ2v) is 11.6. The zero-order valence-electron chi connectivity index (χ0n) is 20.4. The summed E-state index contributed by atoms with van der Waals surface area (Å²) in [5.41, 5.74) is -0.222. The Morgan fingerprint density at radius 3 is 1.78 bits per heavy atom. The molecule has 0 aliphatic heterocycles. The van der Waals surface area contributed by atoms with Gasteiger partial charge in [-0.15, -0.1) is 11.8 Å². The van der Waals surface area contributed by atoms with Gasteiger partial charge in [0.2, 0.25) is 0 Å². The number of carbonyl (C=O) groups is 2. The maximum Gasteiger partial charge on any atom is 0.309 e. The molecule has 0 bridgehead atoms. The molecule has 0 fully saturated rings. The Morgan fingerprint density at radius 1 is 0.812 bits per heavy atom. The van der Waals surface area contributed by atoms with Crippen molar-refractivity contribution in [1.29, 1.82) is 0 Å². The van der Waals surface area contributed by atoms with Crippen LogP contribution in [0.4, 0.5) is 0 Å². The zero-order chi connectivity index (χ0) is 24.4. The molecule has 0 aliphatic carbocycles. The molecule has 2 unspecified atom stereocenters. The Bertz CT molecular complexity index is 711. The van der Waals surface area contributed by atoms with E-state index >= 15 is 0 Å². The molecular formula is C26H42O5S. The standard InChI is InChI=1S/C26H42O5S/c1-19-13-15-20(16-14-19)32-22(12-8-10-18-26(4,5)24(30)31)21(27)11-7-6-9-17-25(2,3)23(28)29/h13-16,21-22,27H,6-12,17-18H2,1-5H3,(H,28,29)(H,30,31). The van der Waals surface area contributed by atoms with E-state index in [9.17, 15) is 24.9 Å². The van der Waals surface area contributed by atoms with Crippen LogP contribution in [0, 0.1) is 17.8 Å². The molecule has 0 saturated carbocycles. The highest BCUT2D eigenvalue weighted by Gasteiger charge is 2.28. The van der Waals surface area contributed by atoms with Gasteiger partial charge in [-0.3, -0.25) is 9.59 Å². The van der Waals surface area contributed by atoms with Crippen LogP contribution in [0.25, 0.3) is 0 Å². The number of hydrogen-bond donors (Lipinski definition) is 3. The van der Waals surface area contributed by atoms with Crippen LogP contribution >= 0.6 is 11.8 Å². The highest BCUT2D eigenvalue weighted by Crippen LogP contribution is 2.33. The normalized spacial score (nSPS) is 14.2. The Hall–Kier alpha value is -1.53. The molecule has 1 aromatic carbocycles. The first-order valence-corrected chi connectivity index (χ1v) is 12.6. The lowest BCUT2D eigenvalue weighted by atomic mass is 9.86. The van der Waals surface area contributed by atoms with Crippen molar-refractivity contribution in [2.75, 3.05) is 0 Å². The van der Waals surface area contributed by atoms with E-state index in [0.717, 1.165) is 43.4 Å². The number of carboxylic acids is 2. The van der Waals surface area contributed by atoms with E-state index < -0.39 is 28.9 Å². The van der Waals surface area contributed by atoms with E-state index in [4.69, 9.17) is 0 Å². The van der Waals surface area contributed by atoms with E-state index in [1.807, 2.05) is 0 Å². The quantitative estimate of drug-likeness (QED) is 0.189. The second kappa shape index (κ2) is 13.2. The highest BCUT2D eigenvalue weighted by molar-refractivity contribution is 8.00. The molecule has 2 atom stereocenters. The van der Waals surface area contributed by atoms with Crippen molar-refractivity contribution in [1.82, 2.24) is 0 Å². The first-order chi connectivity index (χ1) is 14.8. The molecule has 6 heteroatoms. The van der Waals surface area contributed by atoms with E-state index in [1.54, 1.807) is 39.5 Å². The van der Waals surface area contributed by atoms with Crippen molar-refractivity contribution < 1.29 is 24.9 Å². The van der Waals surface area contributed by atoms with E-state index in [2.05, 4.69) is 31.2 Å². The van der Waals surface area contributed by atoms with Gasteiger partial charge < -0.3 is 15.3 Å². The van der Waals surface area contributed by atoms with Crippen molar-refractivity contribution in [3.05, 3.63) is 29.8 Å². The number of aliphatic hydroxyl groups is 1. The largest absolute Gasteiger partial charge is 0.481 e. The molecular weight excluding hydrogens is 424 g/mol. The zero-order valence-corrected chi connectivity index (χ0v) is 21.2. The molecule has 0 aliphatic rings. The highest BCUT2D eigenvalue weighted by atomic mass is 32.2. The fourth-order valence-electron chi connectivity index (χ4n) is 3.53. The number of hydrogen-bond acceptors (Lipinski definition) is 4. The molecule has 0 heterocycles. The van der Waals surface area contributed by atoms with Crippen LogP contribution in [0.15, 0.2) is 29.2 Å². The molecule has 0 spiro atoms. The van der Waals surface area contributed by atoms with Crippen molar-refractivity contribution in [2.45, 2.75) is 109 Å². The summed E-state index contributed by atoms with van der Waals surface area (Å²) in [6.07, 6.45) is 6.66. The maximum absolute atomic E-state index is 11.3. The number of aryl methyl sites for hydroxylation is 1. The number of aliphatic hydroxyl groups excluding tert-OH is 1. The summed E-state index contributed by atoms with van der Waals surface area (Å²) in [5.74, 6) is -1.53. The Balaban J connectivity index is 2.58. The number of carboxylic acid groups (broad SMARTS) is 2. The molecule has 0 radical (unpaired) electrons. The van der Waals surface area contributed by atoms with Crippen LogP contribution in [0.3, 0.4) is 0 Å².